The summed E-state index contributed by atoms with van der Waals surface area (Å²) in [5.74, 6) is -1.03. The van der Waals surface area contributed by atoms with Crippen molar-refractivity contribution in [3.8, 4) is 11.5 Å². The molecule has 3 rings (SSSR count). The van der Waals surface area contributed by atoms with E-state index in [1.807, 2.05) is 13.0 Å². The maximum Gasteiger partial charge on any atom is 0.343 e. The van der Waals surface area contributed by atoms with Crippen LogP contribution in [0.1, 0.15) is 33.2 Å². The lowest BCUT2D eigenvalue weighted by Crippen LogP contribution is -2.22. The summed E-state index contributed by atoms with van der Waals surface area (Å²) in [6.45, 7) is 2.22. The SMILES string of the molecule is CCOc1cc(C=NNc2cccc(C(=O)[O-])c2)ccc1OC(=O)c1ccccc1. The highest BCUT2D eigenvalue weighted by Crippen LogP contribution is 2.29. The predicted octanol–water partition coefficient (Wildman–Crippen LogP) is 3.11. The highest BCUT2D eigenvalue weighted by molar-refractivity contribution is 5.91. The van der Waals surface area contributed by atoms with E-state index >= 15 is 0 Å². The molecule has 0 radical (unpaired) electrons. The first kappa shape index (κ1) is 20.6. The number of carbonyl (C=O) groups is 2. The molecule has 0 spiro atoms. The predicted molar refractivity (Wildman–Crippen MR) is 111 cm³/mol. The summed E-state index contributed by atoms with van der Waals surface area (Å²) in [6.07, 6.45) is 1.54. The fourth-order valence-electron chi connectivity index (χ4n) is 2.59. The molecule has 0 aromatic heterocycles. The fraction of sp³-hybridized carbons (Fsp3) is 0.0870. The molecule has 1 N–H and O–H groups in total. The lowest BCUT2D eigenvalue weighted by molar-refractivity contribution is -0.255. The van der Waals surface area contributed by atoms with Gasteiger partial charge in [-0.15, -0.1) is 0 Å². The van der Waals surface area contributed by atoms with Crippen LogP contribution in [0.2, 0.25) is 0 Å². The number of aromatic carboxylic acids is 1. The Labute approximate surface area is 173 Å². The molecule has 0 aliphatic carbocycles. The van der Waals surface area contributed by atoms with E-state index in [4.69, 9.17) is 9.47 Å². The summed E-state index contributed by atoms with van der Waals surface area (Å²) < 4.78 is 11.1. The van der Waals surface area contributed by atoms with Crippen LogP contribution >= 0.6 is 0 Å². The molecule has 0 saturated heterocycles. The van der Waals surface area contributed by atoms with Gasteiger partial charge in [0, 0.05) is 0 Å². The van der Waals surface area contributed by atoms with Crippen molar-refractivity contribution in [3.05, 3.63) is 89.5 Å². The van der Waals surface area contributed by atoms with Gasteiger partial charge in [0.15, 0.2) is 11.5 Å². The van der Waals surface area contributed by atoms with Crippen molar-refractivity contribution >= 4 is 23.8 Å². The third kappa shape index (κ3) is 5.45. The molecule has 0 heterocycles. The van der Waals surface area contributed by atoms with E-state index < -0.39 is 11.9 Å². The van der Waals surface area contributed by atoms with E-state index in [1.54, 1.807) is 54.6 Å². The van der Waals surface area contributed by atoms with Gasteiger partial charge in [-0.3, -0.25) is 5.43 Å². The zero-order chi connectivity index (χ0) is 21.3. The Hall–Kier alpha value is -4.13. The molecule has 0 aliphatic rings. The lowest BCUT2D eigenvalue weighted by Gasteiger charge is -2.11. The van der Waals surface area contributed by atoms with E-state index in [2.05, 4.69) is 10.5 Å². The van der Waals surface area contributed by atoms with E-state index in [0.717, 1.165) is 0 Å². The molecule has 0 amide bonds. The van der Waals surface area contributed by atoms with E-state index in [-0.39, 0.29) is 5.56 Å². The normalized spacial score (nSPS) is 10.6. The van der Waals surface area contributed by atoms with Crippen LogP contribution in [0.25, 0.3) is 0 Å². The highest BCUT2D eigenvalue weighted by Gasteiger charge is 2.12. The Morgan fingerprint density at radius 2 is 1.73 bits per heavy atom. The molecule has 7 nitrogen and oxygen atoms in total. The molecular formula is C23H19N2O5-. The monoisotopic (exact) mass is 403 g/mol. The molecule has 0 aliphatic heterocycles. The maximum absolute atomic E-state index is 12.3. The third-order valence-corrected chi connectivity index (χ3v) is 3.99. The van der Waals surface area contributed by atoms with Crippen molar-refractivity contribution in [2.24, 2.45) is 5.10 Å². The van der Waals surface area contributed by atoms with Crippen molar-refractivity contribution in [1.29, 1.82) is 0 Å². The molecule has 0 atom stereocenters. The van der Waals surface area contributed by atoms with Gasteiger partial charge in [0.25, 0.3) is 0 Å². The largest absolute Gasteiger partial charge is 0.545 e. The number of nitrogens with one attached hydrogen (secondary N) is 1. The first-order valence-corrected chi connectivity index (χ1v) is 9.21. The van der Waals surface area contributed by atoms with Gasteiger partial charge in [0.1, 0.15) is 0 Å². The molecular weight excluding hydrogens is 384 g/mol. The van der Waals surface area contributed by atoms with Crippen molar-refractivity contribution < 1.29 is 24.2 Å². The van der Waals surface area contributed by atoms with E-state index in [1.165, 1.54) is 18.3 Å². The Morgan fingerprint density at radius 1 is 0.967 bits per heavy atom. The second kappa shape index (κ2) is 9.88. The van der Waals surface area contributed by atoms with E-state index in [0.29, 0.717) is 34.9 Å². The summed E-state index contributed by atoms with van der Waals surface area (Å²) in [4.78, 5) is 23.2. The summed E-state index contributed by atoms with van der Waals surface area (Å²) in [6, 6.07) is 19.9. The molecule has 3 aromatic carbocycles. The van der Waals surface area contributed by atoms with Crippen molar-refractivity contribution in [2.45, 2.75) is 6.92 Å². The van der Waals surface area contributed by atoms with E-state index in [9.17, 15) is 14.7 Å². The number of carboxylic acid groups (broad SMARTS) is 1. The fourth-order valence-corrected chi connectivity index (χ4v) is 2.59. The zero-order valence-electron chi connectivity index (χ0n) is 16.2. The number of carbonyl (C=O) groups excluding carboxylic acids is 2. The Bertz CT molecular complexity index is 1060. The minimum atomic E-state index is -1.26. The molecule has 30 heavy (non-hydrogen) atoms. The number of hydrazone groups is 1. The van der Waals surface area contributed by atoms with Gasteiger partial charge in [-0.1, -0.05) is 30.3 Å². The topological polar surface area (TPSA) is 100 Å². The van der Waals surface area contributed by atoms with Crippen molar-refractivity contribution in [1.82, 2.24) is 0 Å². The number of benzene rings is 3. The highest BCUT2D eigenvalue weighted by atomic mass is 16.6. The van der Waals surface area contributed by atoms with Gasteiger partial charge >= 0.3 is 5.97 Å². The number of nitrogens with zero attached hydrogens (tertiary/aromatic N) is 1. The van der Waals surface area contributed by atoms with Crippen molar-refractivity contribution in [3.63, 3.8) is 0 Å². The summed E-state index contributed by atoms with van der Waals surface area (Å²) in [7, 11) is 0. The van der Waals surface area contributed by atoms with Crippen LogP contribution in [0.4, 0.5) is 5.69 Å². The van der Waals surface area contributed by atoms with Gasteiger partial charge in [0.05, 0.1) is 30.0 Å². The number of hydrogen-bond acceptors (Lipinski definition) is 7. The van der Waals surface area contributed by atoms with Crippen LogP contribution < -0.4 is 20.0 Å². The maximum atomic E-state index is 12.3. The first-order chi connectivity index (χ1) is 14.6. The molecule has 7 heteroatoms. The number of rotatable bonds is 8. The number of esters is 1. The number of anilines is 1. The zero-order valence-corrected chi connectivity index (χ0v) is 16.2. The average Bonchev–Trinajstić information content (AvgIpc) is 2.76. The molecule has 3 aromatic rings. The quantitative estimate of drug-likeness (QED) is 0.268. The summed E-state index contributed by atoms with van der Waals surface area (Å²) in [5.41, 5.74) is 4.45. The second-order valence-corrected chi connectivity index (χ2v) is 6.13. The Morgan fingerprint density at radius 3 is 2.47 bits per heavy atom. The smallest absolute Gasteiger partial charge is 0.343 e. The first-order valence-electron chi connectivity index (χ1n) is 9.21. The van der Waals surface area contributed by atoms with Crippen LogP contribution in [0, 0.1) is 0 Å². The van der Waals surface area contributed by atoms with Gasteiger partial charge in [-0.25, -0.2) is 4.79 Å². The Balaban J connectivity index is 1.72. The van der Waals surface area contributed by atoms with Crippen molar-refractivity contribution in [2.75, 3.05) is 12.0 Å². The minimum Gasteiger partial charge on any atom is -0.545 e. The molecule has 0 fully saturated rings. The van der Waals surface area contributed by atoms with Gasteiger partial charge in [-0.05, 0) is 60.5 Å². The van der Waals surface area contributed by atoms with Crippen LogP contribution in [0.15, 0.2) is 77.9 Å². The molecule has 0 bridgehead atoms. The third-order valence-electron chi connectivity index (χ3n) is 3.99. The van der Waals surface area contributed by atoms with Crippen LogP contribution in [-0.2, 0) is 0 Å². The van der Waals surface area contributed by atoms with Gasteiger partial charge < -0.3 is 19.4 Å². The number of carboxylic acids is 1. The number of hydrogen-bond donors (Lipinski definition) is 1. The minimum absolute atomic E-state index is 0.0541. The molecule has 152 valence electrons. The van der Waals surface area contributed by atoms with Crippen LogP contribution in [0.5, 0.6) is 11.5 Å². The standard InChI is InChI=1S/C23H20N2O5/c1-2-29-21-13-16(15-24-25-19-10-6-9-18(14-19)22(26)27)11-12-20(21)30-23(28)17-7-4-3-5-8-17/h3-15,25H,2H2,1H3,(H,26,27)/p-1. The van der Waals surface area contributed by atoms with Gasteiger partial charge in [-0.2, -0.15) is 5.10 Å². The second-order valence-electron chi connectivity index (χ2n) is 6.13. The molecule has 0 unspecified atom stereocenters. The van der Waals surface area contributed by atoms with Crippen LogP contribution in [-0.4, -0.2) is 24.8 Å². The molecule has 0 saturated carbocycles. The summed E-state index contributed by atoms with van der Waals surface area (Å²) in [5, 5.41) is 15.0. The lowest BCUT2D eigenvalue weighted by atomic mass is 10.2. The average molecular weight is 403 g/mol. The summed E-state index contributed by atoms with van der Waals surface area (Å²) >= 11 is 0. The Kier molecular flexibility index (Phi) is 6.78. The van der Waals surface area contributed by atoms with Crippen LogP contribution in [0.3, 0.4) is 0 Å². The number of ether oxygens (including phenoxy) is 2. The van der Waals surface area contributed by atoms with Gasteiger partial charge in [0.2, 0.25) is 0 Å².